The Labute approximate surface area is 205 Å². The Morgan fingerprint density at radius 3 is 1.09 bits per heavy atom. The third-order valence-corrected chi connectivity index (χ3v) is 17.0. The summed E-state index contributed by atoms with van der Waals surface area (Å²) in [6.07, 6.45) is 6.65. The zero-order valence-electron chi connectivity index (χ0n) is 23.6. The third kappa shape index (κ3) is 22.0. The molecular weight excluding hydrogens is 461 g/mol. The number of hydrogen-bond acceptors (Lipinski definition) is 3. The van der Waals surface area contributed by atoms with Gasteiger partial charge in [-0.15, -0.1) is 0 Å². The molecule has 3 nitrogen and oxygen atoms in total. The van der Waals surface area contributed by atoms with Gasteiger partial charge in [-0.1, -0.05) is 127 Å². The van der Waals surface area contributed by atoms with E-state index in [0.717, 1.165) is 12.8 Å². The molecule has 32 heavy (non-hydrogen) atoms. The van der Waals surface area contributed by atoms with Crippen LogP contribution in [0.4, 0.5) is 4.79 Å². The van der Waals surface area contributed by atoms with Crippen LogP contribution in [0.5, 0.6) is 0 Å². The smallest absolute Gasteiger partial charge is 0.434 e. The summed E-state index contributed by atoms with van der Waals surface area (Å²) in [7, 11) is -3.97. The van der Waals surface area contributed by atoms with Gasteiger partial charge in [-0.3, -0.25) is 0 Å². The Morgan fingerprint density at radius 1 is 0.469 bits per heavy atom. The second kappa shape index (κ2) is 15.2. The fraction of sp³-hybridized carbons (Fsp3) is 0.960. The maximum atomic E-state index is 11.8. The van der Waals surface area contributed by atoms with E-state index in [4.69, 9.17) is 9.47 Å². The summed E-state index contributed by atoms with van der Waals surface area (Å²) >= 11 is 0. The Kier molecular flexibility index (Phi) is 15.3. The van der Waals surface area contributed by atoms with Crippen LogP contribution in [0.15, 0.2) is 0 Å². The van der Waals surface area contributed by atoms with E-state index >= 15 is 0 Å². The average molecular weight is 519 g/mol. The molecule has 0 N–H and O–H groups in total. The van der Waals surface area contributed by atoms with Gasteiger partial charge in [-0.25, -0.2) is 4.79 Å². The van der Waals surface area contributed by atoms with Crippen LogP contribution in [0.3, 0.4) is 0 Å². The van der Waals surface area contributed by atoms with E-state index in [0.29, 0.717) is 13.2 Å². The molecule has 0 aromatic carbocycles. The fourth-order valence-electron chi connectivity index (χ4n) is 4.21. The Hall–Kier alpha value is 0.138. The van der Waals surface area contributed by atoms with Crippen molar-refractivity contribution in [1.82, 2.24) is 0 Å². The highest BCUT2D eigenvalue weighted by molar-refractivity contribution is 6.79. The van der Waals surface area contributed by atoms with Crippen molar-refractivity contribution in [2.24, 2.45) is 0 Å². The van der Waals surface area contributed by atoms with Crippen LogP contribution in [0.25, 0.3) is 0 Å². The minimum absolute atomic E-state index is 0.469. The summed E-state index contributed by atoms with van der Waals surface area (Å²) in [5, 5.41) is 0. The molecule has 0 unspecified atom stereocenters. The summed E-state index contributed by atoms with van der Waals surface area (Å²) in [4.78, 5) is 11.8. The molecule has 192 valence electrons. The molecular formula is C25H58O3Si4. The molecule has 0 aliphatic carbocycles. The molecule has 0 aliphatic heterocycles. The highest BCUT2D eigenvalue weighted by Crippen LogP contribution is 2.25. The van der Waals surface area contributed by atoms with Gasteiger partial charge in [0.1, 0.15) is 0 Å². The maximum Gasteiger partial charge on any atom is 0.508 e. The molecule has 0 saturated heterocycles. The second-order valence-corrected chi connectivity index (χ2v) is 35.9. The monoisotopic (exact) mass is 518 g/mol. The molecule has 0 bridgehead atoms. The first kappa shape index (κ1) is 32.1. The summed E-state index contributed by atoms with van der Waals surface area (Å²) in [6, 6.07) is 8.48. The van der Waals surface area contributed by atoms with Crippen molar-refractivity contribution in [2.75, 3.05) is 13.2 Å². The number of hydrogen-bond donors (Lipinski definition) is 0. The van der Waals surface area contributed by atoms with Crippen LogP contribution < -0.4 is 0 Å². The van der Waals surface area contributed by atoms with Crippen LogP contribution in [0.2, 0.25) is 102 Å². The number of carbonyl (C=O) groups excluding carboxylic acids is 1. The fourth-order valence-corrected chi connectivity index (χ4v) is 12.6. The molecule has 0 aromatic heterocycles. The van der Waals surface area contributed by atoms with Gasteiger partial charge in [0, 0.05) is 32.3 Å². The van der Waals surface area contributed by atoms with Crippen LogP contribution >= 0.6 is 0 Å². The number of rotatable bonds is 18. The summed E-state index contributed by atoms with van der Waals surface area (Å²) in [6.45, 7) is 25.9. The molecule has 0 rings (SSSR count). The molecule has 0 fully saturated rings. The van der Waals surface area contributed by atoms with Gasteiger partial charge in [-0.2, -0.15) is 0 Å². The lowest BCUT2D eigenvalue weighted by molar-refractivity contribution is 0.0535. The third-order valence-electron chi connectivity index (χ3n) is 6.50. The van der Waals surface area contributed by atoms with Gasteiger partial charge in [0.15, 0.2) is 0 Å². The van der Waals surface area contributed by atoms with Crippen molar-refractivity contribution in [3.05, 3.63) is 0 Å². The Morgan fingerprint density at radius 2 is 0.781 bits per heavy atom. The van der Waals surface area contributed by atoms with Crippen molar-refractivity contribution < 1.29 is 14.3 Å². The van der Waals surface area contributed by atoms with E-state index in [1.807, 2.05) is 0 Å². The van der Waals surface area contributed by atoms with Gasteiger partial charge in [0.2, 0.25) is 0 Å². The summed E-state index contributed by atoms with van der Waals surface area (Å²) in [5.41, 5.74) is 0. The average Bonchev–Trinajstić information content (AvgIpc) is 2.58. The van der Waals surface area contributed by atoms with Crippen molar-refractivity contribution in [3.63, 3.8) is 0 Å². The van der Waals surface area contributed by atoms with Gasteiger partial charge in [0.05, 0.1) is 13.2 Å². The van der Waals surface area contributed by atoms with Crippen LogP contribution in [-0.2, 0) is 9.47 Å². The van der Waals surface area contributed by atoms with Gasteiger partial charge < -0.3 is 9.47 Å². The quantitative estimate of drug-likeness (QED) is 0.103. The topological polar surface area (TPSA) is 35.5 Å². The maximum absolute atomic E-state index is 11.8. The minimum Gasteiger partial charge on any atom is -0.434 e. The van der Waals surface area contributed by atoms with Crippen molar-refractivity contribution >= 4 is 38.5 Å². The summed E-state index contributed by atoms with van der Waals surface area (Å²) < 4.78 is 10.6. The summed E-state index contributed by atoms with van der Waals surface area (Å²) in [5.74, 6) is 0. The van der Waals surface area contributed by atoms with E-state index in [1.165, 1.54) is 61.9 Å². The van der Waals surface area contributed by atoms with Crippen molar-refractivity contribution in [2.45, 2.75) is 140 Å². The van der Waals surface area contributed by atoms with E-state index in [9.17, 15) is 4.79 Å². The lowest BCUT2D eigenvalue weighted by atomic mass is 10.3. The van der Waals surface area contributed by atoms with Gasteiger partial charge in [-0.05, 0) is 12.8 Å². The zero-order chi connectivity index (χ0) is 24.9. The Balaban J connectivity index is 3.73. The second-order valence-electron chi connectivity index (χ2n) is 14.0. The van der Waals surface area contributed by atoms with Crippen molar-refractivity contribution in [3.8, 4) is 0 Å². The van der Waals surface area contributed by atoms with Crippen LogP contribution in [-0.4, -0.2) is 51.7 Å². The SMILES string of the molecule is C[Si](C)(C)CCC[Si](C)(C)CCCCOC(=O)OCCCC[Si](C)(C)CCC[Si](C)(C)C. The molecule has 0 radical (unpaired) electrons. The van der Waals surface area contributed by atoms with E-state index < -0.39 is 38.5 Å². The largest absolute Gasteiger partial charge is 0.508 e. The molecule has 0 heterocycles. The highest BCUT2D eigenvalue weighted by Gasteiger charge is 2.23. The predicted molar refractivity (Wildman–Crippen MR) is 155 cm³/mol. The normalized spacial score (nSPS) is 13.3. The van der Waals surface area contributed by atoms with E-state index in [1.54, 1.807) is 0 Å². The predicted octanol–water partition coefficient (Wildman–Crippen LogP) is 9.57. The molecule has 0 atom stereocenters. The minimum atomic E-state index is -1.09. The van der Waals surface area contributed by atoms with Crippen LogP contribution in [0.1, 0.15) is 38.5 Å². The van der Waals surface area contributed by atoms with E-state index in [-0.39, 0.29) is 0 Å². The molecule has 0 saturated carbocycles. The molecule has 0 spiro atoms. The zero-order valence-corrected chi connectivity index (χ0v) is 27.6. The number of unbranched alkanes of at least 4 members (excludes halogenated alkanes) is 2. The van der Waals surface area contributed by atoms with E-state index in [2.05, 4.69) is 65.5 Å². The Bertz CT molecular complexity index is 464. The molecule has 0 aromatic rings. The lowest BCUT2D eigenvalue weighted by Crippen LogP contribution is -2.27. The standard InChI is InChI=1S/C25H58O3Si4/c1-29(2,3)19-15-23-31(7,8)21-13-11-17-27-25(26)28-18-12-14-22-32(9,10)24-16-20-30(4,5)6/h11-24H2,1-10H3. The van der Waals surface area contributed by atoms with Gasteiger partial charge >= 0.3 is 6.16 Å². The lowest BCUT2D eigenvalue weighted by Gasteiger charge is -2.24. The highest BCUT2D eigenvalue weighted by atomic mass is 28.3. The first-order chi connectivity index (χ1) is 14.5. The molecule has 0 amide bonds. The number of carbonyl (C=O) groups is 1. The number of ether oxygens (including phenoxy) is 2. The van der Waals surface area contributed by atoms with Gasteiger partial charge in [0.25, 0.3) is 0 Å². The molecule has 7 heteroatoms. The first-order valence-electron chi connectivity index (χ1n) is 13.3. The van der Waals surface area contributed by atoms with Crippen molar-refractivity contribution in [1.29, 1.82) is 0 Å². The molecule has 0 aliphatic rings. The van der Waals surface area contributed by atoms with Crippen LogP contribution in [0, 0.1) is 0 Å². The first-order valence-corrected chi connectivity index (χ1v) is 27.6.